The fourth-order valence-electron chi connectivity index (χ4n) is 1.55. The minimum absolute atomic E-state index is 0.142. The molecule has 4 heteroatoms. The Balaban J connectivity index is 2.43. The third-order valence-corrected chi connectivity index (χ3v) is 3.14. The van der Waals surface area contributed by atoms with Gasteiger partial charge in [0.1, 0.15) is 11.6 Å². The predicted molar refractivity (Wildman–Crippen MR) is 65.5 cm³/mol. The Morgan fingerprint density at radius 3 is 1.94 bits per heavy atom. The van der Waals surface area contributed by atoms with E-state index in [-0.39, 0.29) is 5.56 Å². The summed E-state index contributed by atoms with van der Waals surface area (Å²) in [5.41, 5.74) is 0.455. The van der Waals surface area contributed by atoms with E-state index in [2.05, 4.69) is 0 Å². The molecule has 0 saturated heterocycles. The first-order valence-corrected chi connectivity index (χ1v) is 5.74. The average Bonchev–Trinajstić information content (AvgIpc) is 2.29. The molecule has 2 aromatic carbocycles. The second kappa shape index (κ2) is 5.03. The van der Waals surface area contributed by atoms with Crippen molar-refractivity contribution in [3.63, 3.8) is 0 Å². The standard InChI is InChI=1S/C13H8Cl2F2/c14-9-6-4-8(5-7-9)13(15)12-10(16)2-1-3-11(12)17/h1-7,13H. The Kier molecular flexibility index (Phi) is 3.65. The summed E-state index contributed by atoms with van der Waals surface area (Å²) in [7, 11) is 0. The molecule has 0 heterocycles. The van der Waals surface area contributed by atoms with Gasteiger partial charge in [-0.25, -0.2) is 8.78 Å². The number of hydrogen-bond donors (Lipinski definition) is 0. The van der Waals surface area contributed by atoms with Crippen molar-refractivity contribution in [3.05, 3.63) is 70.2 Å². The Bertz CT molecular complexity index is 503. The van der Waals surface area contributed by atoms with Crippen LogP contribution in [0, 0.1) is 11.6 Å². The van der Waals surface area contributed by atoms with Crippen molar-refractivity contribution in [2.75, 3.05) is 0 Å². The first-order valence-electron chi connectivity index (χ1n) is 4.93. The summed E-state index contributed by atoms with van der Waals surface area (Å²) in [4.78, 5) is 0. The van der Waals surface area contributed by atoms with Crippen molar-refractivity contribution >= 4 is 23.2 Å². The predicted octanol–water partition coefficient (Wildman–Crippen LogP) is 4.95. The molecule has 0 N–H and O–H groups in total. The highest BCUT2D eigenvalue weighted by Crippen LogP contribution is 2.32. The molecule has 1 unspecified atom stereocenters. The molecule has 0 saturated carbocycles. The second-order valence-corrected chi connectivity index (χ2v) is 4.42. The third-order valence-electron chi connectivity index (χ3n) is 2.42. The van der Waals surface area contributed by atoms with Gasteiger partial charge in [-0.3, -0.25) is 0 Å². The number of alkyl halides is 1. The van der Waals surface area contributed by atoms with Gasteiger partial charge in [0, 0.05) is 10.6 Å². The largest absolute Gasteiger partial charge is 0.207 e. The van der Waals surface area contributed by atoms with Crippen LogP contribution in [0.1, 0.15) is 16.5 Å². The van der Waals surface area contributed by atoms with Crippen molar-refractivity contribution in [2.45, 2.75) is 5.38 Å². The van der Waals surface area contributed by atoms with Crippen molar-refractivity contribution in [3.8, 4) is 0 Å². The number of rotatable bonds is 2. The molecule has 0 aromatic heterocycles. The van der Waals surface area contributed by atoms with E-state index in [1.54, 1.807) is 24.3 Å². The monoisotopic (exact) mass is 272 g/mol. The molecule has 0 aliphatic rings. The molecular weight excluding hydrogens is 265 g/mol. The van der Waals surface area contributed by atoms with Gasteiger partial charge in [-0.1, -0.05) is 29.8 Å². The lowest BCUT2D eigenvalue weighted by molar-refractivity contribution is 0.559. The van der Waals surface area contributed by atoms with Gasteiger partial charge in [0.15, 0.2) is 0 Å². The maximum absolute atomic E-state index is 13.5. The van der Waals surface area contributed by atoms with Gasteiger partial charge in [-0.05, 0) is 29.8 Å². The molecule has 0 fully saturated rings. The summed E-state index contributed by atoms with van der Waals surface area (Å²) in [5.74, 6) is -1.31. The van der Waals surface area contributed by atoms with Gasteiger partial charge in [0.2, 0.25) is 0 Å². The number of halogens is 4. The van der Waals surface area contributed by atoms with Crippen LogP contribution in [0.25, 0.3) is 0 Å². The Labute approximate surface area is 108 Å². The lowest BCUT2D eigenvalue weighted by Crippen LogP contribution is -2.00. The molecular formula is C13H8Cl2F2. The van der Waals surface area contributed by atoms with Crippen LogP contribution >= 0.6 is 23.2 Å². The minimum atomic E-state index is -0.867. The van der Waals surface area contributed by atoms with Crippen LogP contribution in [0.5, 0.6) is 0 Å². The third kappa shape index (κ3) is 2.59. The summed E-state index contributed by atoms with van der Waals surface area (Å²) in [5, 5.41) is -0.319. The molecule has 0 aliphatic heterocycles. The lowest BCUT2D eigenvalue weighted by Gasteiger charge is -2.12. The first-order chi connectivity index (χ1) is 8.09. The molecule has 88 valence electrons. The zero-order valence-electron chi connectivity index (χ0n) is 8.63. The van der Waals surface area contributed by atoms with E-state index in [0.29, 0.717) is 10.6 Å². The molecule has 0 amide bonds. The van der Waals surface area contributed by atoms with E-state index in [1.165, 1.54) is 18.2 Å². The highest BCUT2D eigenvalue weighted by molar-refractivity contribution is 6.30. The van der Waals surface area contributed by atoms with Crippen molar-refractivity contribution in [2.24, 2.45) is 0 Å². The van der Waals surface area contributed by atoms with Crippen molar-refractivity contribution < 1.29 is 8.78 Å². The molecule has 2 rings (SSSR count). The van der Waals surface area contributed by atoms with E-state index >= 15 is 0 Å². The molecule has 0 aliphatic carbocycles. The van der Waals surface area contributed by atoms with Gasteiger partial charge in [-0.2, -0.15) is 0 Å². The summed E-state index contributed by atoms with van der Waals surface area (Å²) in [6, 6.07) is 10.2. The van der Waals surface area contributed by atoms with E-state index in [4.69, 9.17) is 23.2 Å². The number of hydrogen-bond acceptors (Lipinski definition) is 0. The van der Waals surface area contributed by atoms with E-state index < -0.39 is 17.0 Å². The molecule has 2 aromatic rings. The van der Waals surface area contributed by atoms with Crippen LogP contribution in [-0.4, -0.2) is 0 Å². The molecule has 17 heavy (non-hydrogen) atoms. The van der Waals surface area contributed by atoms with Gasteiger partial charge in [-0.15, -0.1) is 11.6 Å². The van der Waals surface area contributed by atoms with E-state index in [1.807, 2.05) is 0 Å². The summed E-state index contributed by atoms with van der Waals surface area (Å²) >= 11 is 11.8. The summed E-state index contributed by atoms with van der Waals surface area (Å²) in [6.07, 6.45) is 0. The highest BCUT2D eigenvalue weighted by Gasteiger charge is 2.19. The highest BCUT2D eigenvalue weighted by atomic mass is 35.5. The topological polar surface area (TPSA) is 0 Å². The van der Waals surface area contributed by atoms with Gasteiger partial charge in [0.05, 0.1) is 5.38 Å². The Hall–Kier alpha value is -1.12. The van der Waals surface area contributed by atoms with Gasteiger partial charge >= 0.3 is 0 Å². The van der Waals surface area contributed by atoms with Gasteiger partial charge in [0.25, 0.3) is 0 Å². The normalized spacial score (nSPS) is 12.5. The Morgan fingerprint density at radius 2 is 1.41 bits per heavy atom. The van der Waals surface area contributed by atoms with E-state index in [9.17, 15) is 8.78 Å². The maximum atomic E-state index is 13.5. The quantitative estimate of drug-likeness (QED) is 0.679. The zero-order valence-corrected chi connectivity index (χ0v) is 10.1. The fourth-order valence-corrected chi connectivity index (χ4v) is 2.03. The second-order valence-electron chi connectivity index (χ2n) is 3.55. The maximum Gasteiger partial charge on any atom is 0.131 e. The molecule has 0 spiro atoms. The number of benzene rings is 2. The molecule has 0 bridgehead atoms. The van der Waals surface area contributed by atoms with Crippen LogP contribution in [0.4, 0.5) is 8.78 Å². The van der Waals surface area contributed by atoms with Gasteiger partial charge < -0.3 is 0 Å². The first kappa shape index (κ1) is 12.3. The van der Waals surface area contributed by atoms with Crippen LogP contribution in [-0.2, 0) is 0 Å². The molecule has 1 atom stereocenters. The van der Waals surface area contributed by atoms with Crippen LogP contribution < -0.4 is 0 Å². The SMILES string of the molecule is Fc1cccc(F)c1C(Cl)c1ccc(Cl)cc1. The van der Waals surface area contributed by atoms with E-state index in [0.717, 1.165) is 0 Å². The van der Waals surface area contributed by atoms with Crippen molar-refractivity contribution in [1.29, 1.82) is 0 Å². The Morgan fingerprint density at radius 1 is 0.882 bits per heavy atom. The van der Waals surface area contributed by atoms with Crippen LogP contribution in [0.15, 0.2) is 42.5 Å². The molecule has 0 radical (unpaired) electrons. The van der Waals surface area contributed by atoms with Crippen molar-refractivity contribution in [1.82, 2.24) is 0 Å². The summed E-state index contributed by atoms with van der Waals surface area (Å²) in [6.45, 7) is 0. The molecule has 0 nitrogen and oxygen atoms in total. The van der Waals surface area contributed by atoms with Crippen LogP contribution in [0.3, 0.4) is 0 Å². The average molecular weight is 273 g/mol. The smallest absolute Gasteiger partial charge is 0.131 e. The summed E-state index contributed by atoms with van der Waals surface area (Å²) < 4.78 is 27.0. The zero-order chi connectivity index (χ0) is 12.4. The van der Waals surface area contributed by atoms with Crippen LogP contribution in [0.2, 0.25) is 5.02 Å². The fraction of sp³-hybridized carbons (Fsp3) is 0.0769. The minimum Gasteiger partial charge on any atom is -0.207 e. The lowest BCUT2D eigenvalue weighted by atomic mass is 10.0.